The average molecular weight is 361 g/mol. The molecule has 2 aromatic rings. The molecule has 1 heterocycles. The van der Waals surface area contributed by atoms with Crippen molar-refractivity contribution >= 4 is 36.4 Å². The van der Waals surface area contributed by atoms with E-state index in [1.165, 1.54) is 15.6 Å². The van der Waals surface area contributed by atoms with Crippen LogP contribution in [0.1, 0.15) is 6.42 Å². The number of hydrogen-bond donors (Lipinski definition) is 1. The second-order valence-electron chi connectivity index (χ2n) is 5.64. The molecule has 0 amide bonds. The van der Waals surface area contributed by atoms with Crippen LogP contribution >= 0.6 is 11.3 Å². The monoisotopic (exact) mass is 361 g/mol. The molecule has 1 aliphatic carbocycles. The number of fused-ring (bicyclic) bond motifs is 1. The lowest BCUT2D eigenvalue weighted by molar-refractivity contribution is 0.319. The van der Waals surface area contributed by atoms with Crippen LogP contribution < -0.4 is 4.31 Å². The van der Waals surface area contributed by atoms with Crippen LogP contribution in [0.25, 0.3) is 10.1 Å². The fraction of sp³-hybridized carbons (Fsp3) is 0.222. The molecule has 4 nitrogen and oxygen atoms in total. The average Bonchev–Trinajstić information content (AvgIpc) is 2.97. The smallest absolute Gasteiger partial charge is 0.238 e. The Bertz CT molecular complexity index is 890. The Kier molecular flexibility index (Phi) is 4.89. The number of nitrogens with zero attached hydrogens (tertiary/aromatic N) is 1. The third-order valence-corrected chi connectivity index (χ3v) is 6.78. The predicted molar refractivity (Wildman–Crippen MR) is 101 cm³/mol. The number of benzene rings is 1. The van der Waals surface area contributed by atoms with Gasteiger partial charge in [0.1, 0.15) is 5.00 Å². The number of anilines is 1. The van der Waals surface area contributed by atoms with Crippen LogP contribution in [-0.4, -0.2) is 32.4 Å². The number of rotatable bonds is 6. The largest absolute Gasteiger partial charge is 0.395 e. The van der Waals surface area contributed by atoms with Gasteiger partial charge in [-0.2, -0.15) is 0 Å². The lowest BCUT2D eigenvalue weighted by Crippen LogP contribution is -2.35. The number of hydrogen-bond acceptors (Lipinski definition) is 4. The Morgan fingerprint density at radius 1 is 1.25 bits per heavy atom. The molecule has 0 radical (unpaired) electrons. The summed E-state index contributed by atoms with van der Waals surface area (Å²) in [4.78, 5) is 0. The molecule has 0 spiro atoms. The molecule has 0 saturated carbocycles. The lowest BCUT2D eigenvalue weighted by Gasteiger charge is -2.24. The lowest BCUT2D eigenvalue weighted by atomic mass is 10.0. The first-order valence-corrected chi connectivity index (χ1v) is 10.1. The minimum absolute atomic E-state index is 0.263. The summed E-state index contributed by atoms with van der Waals surface area (Å²) in [6.45, 7) is 3.77. The van der Waals surface area contributed by atoms with E-state index in [0.717, 1.165) is 27.7 Å². The van der Waals surface area contributed by atoms with Crippen LogP contribution in [0, 0.1) is 0 Å². The summed E-state index contributed by atoms with van der Waals surface area (Å²) in [5.41, 5.74) is 1.94. The second kappa shape index (κ2) is 6.93. The Morgan fingerprint density at radius 2 is 2.04 bits per heavy atom. The van der Waals surface area contributed by atoms with E-state index in [9.17, 15) is 8.42 Å². The van der Waals surface area contributed by atoms with Crippen molar-refractivity contribution in [2.24, 2.45) is 0 Å². The molecule has 0 unspecified atom stereocenters. The van der Waals surface area contributed by atoms with Gasteiger partial charge in [0.2, 0.25) is 10.0 Å². The molecule has 126 valence electrons. The fourth-order valence-corrected chi connectivity index (χ4v) is 5.08. The van der Waals surface area contributed by atoms with E-state index in [1.807, 2.05) is 48.6 Å². The molecular weight excluding hydrogens is 342 g/mol. The maximum atomic E-state index is 12.6. The topological polar surface area (TPSA) is 57.6 Å². The minimum atomic E-state index is -3.59. The highest BCUT2D eigenvalue weighted by molar-refractivity contribution is 7.93. The summed E-state index contributed by atoms with van der Waals surface area (Å²) in [5, 5.41) is 10.8. The number of aliphatic hydroxyl groups excluding tert-OH is 1. The van der Waals surface area contributed by atoms with Gasteiger partial charge in [0.25, 0.3) is 0 Å². The quantitative estimate of drug-likeness (QED) is 0.857. The van der Waals surface area contributed by atoms with Gasteiger partial charge >= 0.3 is 0 Å². The molecule has 0 saturated heterocycles. The van der Waals surface area contributed by atoms with E-state index in [-0.39, 0.29) is 12.3 Å². The summed E-state index contributed by atoms with van der Waals surface area (Å²) in [7, 11) is -3.59. The van der Waals surface area contributed by atoms with Crippen molar-refractivity contribution in [2.45, 2.75) is 6.42 Å². The number of thiophene rings is 1. The first kappa shape index (κ1) is 17.0. The van der Waals surface area contributed by atoms with E-state index in [1.54, 1.807) is 0 Å². The van der Waals surface area contributed by atoms with Crippen LogP contribution in [0.2, 0.25) is 0 Å². The van der Waals surface area contributed by atoms with Gasteiger partial charge in [0.15, 0.2) is 0 Å². The Balaban J connectivity index is 1.98. The van der Waals surface area contributed by atoms with E-state index < -0.39 is 16.6 Å². The van der Waals surface area contributed by atoms with Crippen molar-refractivity contribution in [3.63, 3.8) is 0 Å². The van der Waals surface area contributed by atoms with E-state index in [2.05, 4.69) is 6.58 Å². The molecule has 1 aromatic carbocycles. The molecular formula is C18H19NO3S2. The van der Waals surface area contributed by atoms with Crippen molar-refractivity contribution in [1.82, 2.24) is 0 Å². The van der Waals surface area contributed by atoms with Crippen molar-refractivity contribution in [3.8, 4) is 0 Å². The molecule has 6 heteroatoms. The first-order valence-electron chi connectivity index (χ1n) is 7.64. The molecule has 3 rings (SSSR count). The van der Waals surface area contributed by atoms with Crippen LogP contribution in [0.3, 0.4) is 0 Å². The van der Waals surface area contributed by atoms with E-state index >= 15 is 0 Å². The predicted octanol–water partition coefficient (Wildman–Crippen LogP) is 3.47. The normalized spacial score (nSPS) is 14.9. The van der Waals surface area contributed by atoms with Crippen LogP contribution in [0.4, 0.5) is 5.00 Å². The molecule has 1 N–H and O–H groups in total. The van der Waals surface area contributed by atoms with Crippen LogP contribution in [0.5, 0.6) is 0 Å². The zero-order valence-electron chi connectivity index (χ0n) is 13.2. The summed E-state index contributed by atoms with van der Waals surface area (Å²) in [5.74, 6) is -0.287. The van der Waals surface area contributed by atoms with Crippen molar-refractivity contribution in [1.29, 1.82) is 0 Å². The van der Waals surface area contributed by atoms with Crippen molar-refractivity contribution in [2.75, 3.05) is 23.2 Å². The number of allylic oxidation sites excluding steroid dienone is 3. The molecule has 1 aromatic heterocycles. The minimum Gasteiger partial charge on any atom is -0.395 e. The van der Waals surface area contributed by atoms with Gasteiger partial charge in [-0.1, -0.05) is 48.6 Å². The maximum Gasteiger partial charge on any atom is 0.238 e. The van der Waals surface area contributed by atoms with Crippen molar-refractivity contribution < 1.29 is 13.5 Å². The second-order valence-corrected chi connectivity index (χ2v) is 8.72. The molecule has 0 atom stereocenters. The molecule has 0 aliphatic heterocycles. The van der Waals surface area contributed by atoms with Gasteiger partial charge in [-0.3, -0.25) is 4.31 Å². The standard InChI is InChI=1S/C18H19NO3S2/c1-14-6-8-15(9-7-14)13-19(24(21,22)11-10-20)18-12-16-4-2-3-5-17(16)23-18/h2-6,8-9,12,20H,1,7,10-11,13H2. The first-order chi connectivity index (χ1) is 11.5. The van der Waals surface area contributed by atoms with Crippen LogP contribution in [0.15, 0.2) is 66.3 Å². The zero-order chi connectivity index (χ0) is 17.2. The zero-order valence-corrected chi connectivity index (χ0v) is 14.8. The summed E-state index contributed by atoms with van der Waals surface area (Å²) < 4.78 is 27.7. The summed E-state index contributed by atoms with van der Waals surface area (Å²) >= 11 is 1.44. The Labute approximate surface area is 146 Å². The highest BCUT2D eigenvalue weighted by atomic mass is 32.2. The third kappa shape index (κ3) is 3.61. The van der Waals surface area contributed by atoms with E-state index in [4.69, 9.17) is 5.11 Å². The van der Waals surface area contributed by atoms with Gasteiger partial charge in [0, 0.05) is 4.70 Å². The van der Waals surface area contributed by atoms with Gasteiger partial charge in [0.05, 0.1) is 18.9 Å². The van der Waals surface area contributed by atoms with Crippen LogP contribution in [-0.2, 0) is 10.0 Å². The highest BCUT2D eigenvalue weighted by Crippen LogP contribution is 2.34. The van der Waals surface area contributed by atoms with Gasteiger partial charge in [-0.15, -0.1) is 11.3 Å². The molecule has 0 bridgehead atoms. The van der Waals surface area contributed by atoms with E-state index in [0.29, 0.717) is 5.00 Å². The fourth-order valence-electron chi connectivity index (χ4n) is 2.54. The molecule has 1 aliphatic rings. The number of aliphatic hydroxyl groups is 1. The summed E-state index contributed by atoms with van der Waals surface area (Å²) in [6.07, 6.45) is 6.54. The van der Waals surface area contributed by atoms with Crippen molar-refractivity contribution in [3.05, 3.63) is 66.3 Å². The maximum absolute atomic E-state index is 12.6. The number of sulfonamides is 1. The van der Waals surface area contributed by atoms with Gasteiger partial charge in [-0.05, 0) is 29.5 Å². The Hall–Kier alpha value is -1.89. The summed E-state index contributed by atoms with van der Waals surface area (Å²) in [6, 6.07) is 9.71. The van der Waals surface area contributed by atoms with Gasteiger partial charge in [-0.25, -0.2) is 8.42 Å². The Morgan fingerprint density at radius 3 is 2.71 bits per heavy atom. The third-order valence-electron chi connectivity index (χ3n) is 3.83. The SMILES string of the molecule is C=C1C=CC(CN(c2cc3ccccc3s2)S(=O)(=O)CCO)=CC1. The molecule has 24 heavy (non-hydrogen) atoms. The highest BCUT2D eigenvalue weighted by Gasteiger charge is 2.24. The van der Waals surface area contributed by atoms with Gasteiger partial charge < -0.3 is 5.11 Å². The molecule has 0 fully saturated rings.